The van der Waals surface area contributed by atoms with Crippen molar-refractivity contribution in [2.75, 3.05) is 20.1 Å². The number of alkyl halides is 3. The van der Waals surface area contributed by atoms with Crippen molar-refractivity contribution < 1.29 is 27.9 Å². The number of halogens is 3. The number of carbonyl (C=O) groups excluding carboxylic acids is 1. The van der Waals surface area contributed by atoms with Crippen LogP contribution in [0.4, 0.5) is 13.2 Å². The summed E-state index contributed by atoms with van der Waals surface area (Å²) in [6.45, 7) is 2.09. The number of carboxylic acids is 1. The van der Waals surface area contributed by atoms with Crippen LogP contribution in [-0.2, 0) is 11.8 Å². The van der Waals surface area contributed by atoms with Crippen LogP contribution in [0, 0.1) is 5.92 Å². The molecule has 1 aliphatic heterocycles. The van der Waals surface area contributed by atoms with Gasteiger partial charge in [-0.05, 0) is 24.2 Å². The summed E-state index contributed by atoms with van der Waals surface area (Å²) < 4.78 is 33.4. The molecule has 2 aromatic rings. The molecule has 0 bridgehead atoms. The summed E-state index contributed by atoms with van der Waals surface area (Å²) in [7, 11) is 3.95. The normalized spacial score (nSPS) is 23.0. The quantitative estimate of drug-likeness (QED) is 0.793. The molecule has 4 rings (SSSR count). The van der Waals surface area contributed by atoms with Gasteiger partial charge in [-0.15, -0.1) is 0 Å². The maximum absolute atomic E-state index is 12.6. The van der Waals surface area contributed by atoms with Crippen LogP contribution in [-0.4, -0.2) is 58.0 Å². The fraction of sp³-hybridized carbons (Fsp3) is 0.421. The Hall–Kier alpha value is -2.88. The zero-order chi connectivity index (χ0) is 21.3. The van der Waals surface area contributed by atoms with Crippen LogP contribution in [0.25, 0.3) is 0 Å². The van der Waals surface area contributed by atoms with Gasteiger partial charge in [-0.3, -0.25) is 9.48 Å². The minimum atomic E-state index is -5.08. The van der Waals surface area contributed by atoms with E-state index in [9.17, 15) is 18.0 Å². The van der Waals surface area contributed by atoms with Crippen molar-refractivity contribution in [3.8, 4) is 0 Å². The second-order valence-electron chi connectivity index (χ2n) is 7.21. The van der Waals surface area contributed by atoms with E-state index in [1.165, 1.54) is 11.1 Å². The van der Waals surface area contributed by atoms with E-state index in [0.29, 0.717) is 17.5 Å². The first kappa shape index (κ1) is 20.8. The molecule has 2 aliphatic rings. The Labute approximate surface area is 165 Å². The Morgan fingerprint density at radius 3 is 2.31 bits per heavy atom. The Morgan fingerprint density at radius 1 is 1.14 bits per heavy atom. The highest BCUT2D eigenvalue weighted by Gasteiger charge is 2.45. The standard InChI is InChI=1S/C17H20N4O.C2HF3O2/c1-20-9-13-11-5-3-4-6-12(11)16(14(13)10-20)19-17(22)15-7-8-18-21(15)2;3-2(4,5)1(6)7/h3-8,13-14,16H,9-10H2,1-2H3,(H,19,22);(H,6,7)/t13-,14-,16+;/m0./s1. The number of aliphatic carboxylic acids is 1. The molecule has 10 heteroatoms. The van der Waals surface area contributed by atoms with Crippen LogP contribution < -0.4 is 5.32 Å². The average Bonchev–Trinajstić information content (AvgIpc) is 3.30. The molecule has 156 valence electrons. The second kappa shape index (κ2) is 7.86. The molecule has 0 saturated carbocycles. The van der Waals surface area contributed by atoms with E-state index in [4.69, 9.17) is 9.90 Å². The molecular weight excluding hydrogens is 389 g/mol. The number of carbonyl (C=O) groups is 2. The molecule has 1 fully saturated rings. The van der Waals surface area contributed by atoms with Gasteiger partial charge in [0, 0.05) is 38.2 Å². The summed E-state index contributed by atoms with van der Waals surface area (Å²) >= 11 is 0. The summed E-state index contributed by atoms with van der Waals surface area (Å²) in [6.07, 6.45) is -3.43. The summed E-state index contributed by atoms with van der Waals surface area (Å²) in [4.78, 5) is 23.8. The lowest BCUT2D eigenvalue weighted by Crippen LogP contribution is -2.34. The average molecular weight is 410 g/mol. The summed E-state index contributed by atoms with van der Waals surface area (Å²) in [5.41, 5.74) is 3.28. The lowest BCUT2D eigenvalue weighted by molar-refractivity contribution is -0.192. The first-order valence-corrected chi connectivity index (χ1v) is 8.96. The van der Waals surface area contributed by atoms with E-state index >= 15 is 0 Å². The highest BCUT2D eigenvalue weighted by Crippen LogP contribution is 2.48. The van der Waals surface area contributed by atoms with Gasteiger partial charge in [-0.2, -0.15) is 18.3 Å². The molecule has 2 N–H and O–H groups in total. The first-order valence-electron chi connectivity index (χ1n) is 8.96. The number of fused-ring (bicyclic) bond motifs is 3. The predicted molar refractivity (Wildman–Crippen MR) is 97.3 cm³/mol. The Morgan fingerprint density at radius 2 is 1.76 bits per heavy atom. The number of nitrogens with one attached hydrogen (secondary N) is 1. The van der Waals surface area contributed by atoms with Gasteiger partial charge in [-0.25, -0.2) is 4.79 Å². The van der Waals surface area contributed by atoms with Gasteiger partial charge < -0.3 is 15.3 Å². The highest BCUT2D eigenvalue weighted by molar-refractivity contribution is 5.92. The van der Waals surface area contributed by atoms with Crippen molar-refractivity contribution in [3.05, 3.63) is 53.3 Å². The zero-order valence-corrected chi connectivity index (χ0v) is 15.8. The number of benzene rings is 1. The van der Waals surface area contributed by atoms with Gasteiger partial charge in [0.05, 0.1) is 6.04 Å². The third kappa shape index (κ3) is 4.26. The van der Waals surface area contributed by atoms with Crippen LogP contribution in [0.3, 0.4) is 0 Å². The molecule has 0 spiro atoms. The molecule has 1 saturated heterocycles. The van der Waals surface area contributed by atoms with Gasteiger partial charge in [0.15, 0.2) is 0 Å². The van der Waals surface area contributed by atoms with Crippen molar-refractivity contribution in [2.45, 2.75) is 18.1 Å². The van der Waals surface area contributed by atoms with E-state index in [0.717, 1.165) is 13.1 Å². The molecule has 1 aromatic carbocycles. The number of rotatable bonds is 2. The molecule has 1 aromatic heterocycles. The fourth-order valence-corrected chi connectivity index (χ4v) is 4.06. The molecule has 2 heterocycles. The molecule has 29 heavy (non-hydrogen) atoms. The number of aromatic nitrogens is 2. The minimum Gasteiger partial charge on any atom is -0.475 e. The maximum Gasteiger partial charge on any atom is 0.490 e. The molecule has 1 aliphatic carbocycles. The van der Waals surface area contributed by atoms with Gasteiger partial charge in [0.25, 0.3) is 5.91 Å². The van der Waals surface area contributed by atoms with E-state index in [2.05, 4.69) is 46.6 Å². The van der Waals surface area contributed by atoms with Crippen molar-refractivity contribution in [3.63, 3.8) is 0 Å². The molecule has 0 radical (unpaired) electrons. The van der Waals surface area contributed by atoms with E-state index < -0.39 is 12.1 Å². The topological polar surface area (TPSA) is 87.5 Å². The van der Waals surface area contributed by atoms with Gasteiger partial charge >= 0.3 is 12.1 Å². The van der Waals surface area contributed by atoms with Crippen LogP contribution in [0.2, 0.25) is 0 Å². The SMILES string of the molecule is CN1C[C@@H]2[C@H](NC(=O)c3ccnn3C)c3ccccc3[C@@H]2C1.O=C(O)C(F)(F)F. The Balaban J connectivity index is 0.000000298. The van der Waals surface area contributed by atoms with Crippen molar-refractivity contribution in [2.24, 2.45) is 13.0 Å². The first-order chi connectivity index (χ1) is 13.6. The van der Waals surface area contributed by atoms with E-state index in [1.54, 1.807) is 24.0 Å². The summed E-state index contributed by atoms with van der Waals surface area (Å²) in [5, 5.41) is 14.5. The minimum absolute atomic E-state index is 0.0463. The zero-order valence-electron chi connectivity index (χ0n) is 15.8. The van der Waals surface area contributed by atoms with E-state index in [-0.39, 0.29) is 11.9 Å². The van der Waals surface area contributed by atoms with Crippen LogP contribution in [0.1, 0.15) is 33.6 Å². The lowest BCUT2D eigenvalue weighted by Gasteiger charge is -2.21. The summed E-state index contributed by atoms with van der Waals surface area (Å²) in [5.74, 6) is -1.82. The Bertz CT molecular complexity index is 912. The van der Waals surface area contributed by atoms with E-state index in [1.807, 2.05) is 0 Å². The molecule has 1 amide bonds. The lowest BCUT2D eigenvalue weighted by atomic mass is 9.94. The van der Waals surface area contributed by atoms with Crippen LogP contribution in [0.15, 0.2) is 36.5 Å². The number of hydrogen-bond donors (Lipinski definition) is 2. The maximum atomic E-state index is 12.6. The monoisotopic (exact) mass is 410 g/mol. The predicted octanol–water partition coefficient (Wildman–Crippen LogP) is 2.18. The van der Waals surface area contributed by atoms with Gasteiger partial charge in [0.1, 0.15) is 5.69 Å². The Kier molecular flexibility index (Phi) is 5.65. The molecule has 3 atom stereocenters. The third-order valence-electron chi connectivity index (χ3n) is 5.29. The van der Waals surface area contributed by atoms with Crippen LogP contribution in [0.5, 0.6) is 0 Å². The van der Waals surface area contributed by atoms with Crippen molar-refractivity contribution in [1.82, 2.24) is 20.0 Å². The van der Waals surface area contributed by atoms with Gasteiger partial charge in [0.2, 0.25) is 0 Å². The second-order valence-corrected chi connectivity index (χ2v) is 7.21. The van der Waals surface area contributed by atoms with Crippen molar-refractivity contribution >= 4 is 11.9 Å². The molecule has 0 unspecified atom stereocenters. The third-order valence-corrected chi connectivity index (χ3v) is 5.29. The molecular formula is C19H21F3N4O3. The number of nitrogens with zero attached hydrogens (tertiary/aromatic N) is 3. The number of likely N-dealkylation sites (tertiary alicyclic amines) is 1. The molecule has 7 nitrogen and oxygen atoms in total. The fourth-order valence-electron chi connectivity index (χ4n) is 4.06. The highest BCUT2D eigenvalue weighted by atomic mass is 19.4. The van der Waals surface area contributed by atoms with Crippen LogP contribution >= 0.6 is 0 Å². The number of hydrogen-bond acceptors (Lipinski definition) is 4. The van der Waals surface area contributed by atoms with Crippen molar-refractivity contribution in [1.29, 1.82) is 0 Å². The number of carboxylic acid groups (broad SMARTS) is 1. The number of amides is 1. The number of likely N-dealkylation sites (N-methyl/N-ethyl adjacent to an activating group) is 1. The number of aryl methyl sites for hydroxylation is 1. The largest absolute Gasteiger partial charge is 0.490 e. The smallest absolute Gasteiger partial charge is 0.475 e. The summed E-state index contributed by atoms with van der Waals surface area (Å²) in [6, 6.07) is 10.4. The van der Waals surface area contributed by atoms with Gasteiger partial charge in [-0.1, -0.05) is 24.3 Å².